The summed E-state index contributed by atoms with van der Waals surface area (Å²) in [4.78, 5) is 29.7. The van der Waals surface area contributed by atoms with Gasteiger partial charge in [0.05, 0.1) is 11.9 Å². The van der Waals surface area contributed by atoms with Crippen molar-refractivity contribution < 1.29 is 18.0 Å². The number of carbonyl (C=O) groups excluding carboxylic acids is 2. The molecule has 0 radical (unpaired) electrons. The molecule has 3 rings (SSSR count). The summed E-state index contributed by atoms with van der Waals surface area (Å²) >= 11 is 1.74. The van der Waals surface area contributed by atoms with Crippen LogP contribution in [-0.2, 0) is 19.6 Å². The van der Waals surface area contributed by atoms with Crippen LogP contribution in [0.3, 0.4) is 0 Å². The SMILES string of the molecule is CS(=O)(=O)NC1CCCN(C(=O)CCC(=O)N2CCSc3ccccc32)C1. The molecule has 0 spiro atoms. The number of fused-ring (bicyclic) bond motifs is 1. The first-order valence-corrected chi connectivity index (χ1v) is 12.0. The quantitative estimate of drug-likeness (QED) is 0.792. The molecule has 1 aromatic rings. The molecular weight excluding hydrogens is 386 g/mol. The number of rotatable bonds is 5. The number of likely N-dealkylation sites (tertiary alicyclic amines) is 1. The summed E-state index contributed by atoms with van der Waals surface area (Å²) in [6.45, 7) is 1.63. The first-order chi connectivity index (χ1) is 12.8. The van der Waals surface area contributed by atoms with E-state index in [-0.39, 0.29) is 30.7 Å². The van der Waals surface area contributed by atoms with Crippen LogP contribution in [0.5, 0.6) is 0 Å². The van der Waals surface area contributed by atoms with E-state index in [1.54, 1.807) is 21.6 Å². The predicted octanol–water partition coefficient (Wildman–Crippen LogP) is 1.45. The van der Waals surface area contributed by atoms with E-state index in [1.165, 1.54) is 0 Å². The highest BCUT2D eigenvalue weighted by Gasteiger charge is 2.27. The second-order valence-electron chi connectivity index (χ2n) is 6.93. The van der Waals surface area contributed by atoms with Crippen LogP contribution >= 0.6 is 11.8 Å². The monoisotopic (exact) mass is 411 g/mol. The Morgan fingerprint density at radius 2 is 1.93 bits per heavy atom. The number of anilines is 1. The van der Waals surface area contributed by atoms with Gasteiger partial charge in [0, 0.05) is 49.2 Å². The highest BCUT2D eigenvalue weighted by Crippen LogP contribution is 2.34. The fourth-order valence-electron chi connectivity index (χ4n) is 3.54. The van der Waals surface area contributed by atoms with Crippen molar-refractivity contribution in [3.8, 4) is 0 Å². The van der Waals surface area contributed by atoms with Crippen molar-refractivity contribution in [2.75, 3.05) is 36.5 Å². The van der Waals surface area contributed by atoms with Crippen molar-refractivity contribution in [3.05, 3.63) is 24.3 Å². The molecule has 1 atom stereocenters. The summed E-state index contributed by atoms with van der Waals surface area (Å²) < 4.78 is 25.4. The summed E-state index contributed by atoms with van der Waals surface area (Å²) in [7, 11) is -3.29. The highest BCUT2D eigenvalue weighted by molar-refractivity contribution is 7.99. The van der Waals surface area contributed by atoms with Gasteiger partial charge < -0.3 is 9.80 Å². The van der Waals surface area contributed by atoms with E-state index in [1.807, 2.05) is 24.3 Å². The van der Waals surface area contributed by atoms with Crippen molar-refractivity contribution in [2.45, 2.75) is 36.6 Å². The van der Waals surface area contributed by atoms with Crippen LogP contribution in [0.1, 0.15) is 25.7 Å². The van der Waals surface area contributed by atoms with Gasteiger partial charge in [-0.15, -0.1) is 11.8 Å². The normalized spacial score (nSPS) is 20.3. The van der Waals surface area contributed by atoms with Crippen molar-refractivity contribution in [1.29, 1.82) is 0 Å². The minimum absolute atomic E-state index is 0.0427. The van der Waals surface area contributed by atoms with Crippen molar-refractivity contribution in [3.63, 3.8) is 0 Å². The zero-order chi connectivity index (χ0) is 19.4. The zero-order valence-corrected chi connectivity index (χ0v) is 17.0. The summed E-state index contributed by atoms with van der Waals surface area (Å²) in [6, 6.07) is 7.57. The molecular formula is C18H25N3O4S2. The molecule has 2 amide bonds. The smallest absolute Gasteiger partial charge is 0.227 e. The van der Waals surface area contributed by atoms with Crippen LogP contribution in [-0.4, -0.2) is 62.8 Å². The molecule has 1 N–H and O–H groups in total. The van der Waals surface area contributed by atoms with E-state index in [4.69, 9.17) is 0 Å². The van der Waals surface area contributed by atoms with E-state index >= 15 is 0 Å². The third-order valence-corrected chi connectivity index (χ3v) is 6.54. The average Bonchev–Trinajstić information content (AvgIpc) is 2.64. The lowest BCUT2D eigenvalue weighted by Crippen LogP contribution is -2.49. The van der Waals surface area contributed by atoms with Gasteiger partial charge in [0.1, 0.15) is 0 Å². The van der Waals surface area contributed by atoms with Gasteiger partial charge >= 0.3 is 0 Å². The fourth-order valence-corrected chi connectivity index (χ4v) is 5.33. The molecule has 0 aliphatic carbocycles. The number of hydrogen-bond donors (Lipinski definition) is 1. The van der Waals surface area contributed by atoms with E-state index in [0.29, 0.717) is 19.6 Å². The molecule has 2 aliphatic rings. The van der Waals surface area contributed by atoms with Crippen LogP contribution in [0, 0.1) is 0 Å². The Morgan fingerprint density at radius 3 is 2.70 bits per heavy atom. The molecule has 1 saturated heterocycles. The number of thioether (sulfide) groups is 1. The minimum Gasteiger partial charge on any atom is -0.341 e. The van der Waals surface area contributed by atoms with E-state index in [0.717, 1.165) is 35.4 Å². The molecule has 1 aromatic carbocycles. The Bertz CT molecular complexity index is 813. The summed E-state index contributed by atoms with van der Waals surface area (Å²) in [5.41, 5.74) is 0.918. The number of nitrogens with zero attached hydrogens (tertiary/aromatic N) is 2. The number of sulfonamides is 1. The highest BCUT2D eigenvalue weighted by atomic mass is 32.2. The van der Waals surface area contributed by atoms with Gasteiger partial charge in [0.25, 0.3) is 0 Å². The molecule has 27 heavy (non-hydrogen) atoms. The molecule has 0 saturated carbocycles. The number of hydrogen-bond acceptors (Lipinski definition) is 5. The number of nitrogens with one attached hydrogen (secondary N) is 1. The summed E-state index contributed by atoms with van der Waals surface area (Å²) in [5, 5.41) is 0. The Balaban J connectivity index is 1.54. The van der Waals surface area contributed by atoms with Gasteiger partial charge in [-0.1, -0.05) is 12.1 Å². The molecule has 9 heteroatoms. The molecule has 2 aliphatic heterocycles. The minimum atomic E-state index is -3.29. The molecule has 0 aromatic heterocycles. The first-order valence-electron chi connectivity index (χ1n) is 9.11. The van der Waals surface area contributed by atoms with Gasteiger partial charge in [-0.2, -0.15) is 0 Å². The summed E-state index contributed by atoms with van der Waals surface area (Å²) in [6.07, 6.45) is 2.91. The molecule has 148 valence electrons. The molecule has 0 bridgehead atoms. The van der Waals surface area contributed by atoms with Crippen LogP contribution in [0.4, 0.5) is 5.69 Å². The van der Waals surface area contributed by atoms with Gasteiger partial charge in [-0.3, -0.25) is 9.59 Å². The fraction of sp³-hybridized carbons (Fsp3) is 0.556. The maximum atomic E-state index is 12.7. The average molecular weight is 412 g/mol. The largest absolute Gasteiger partial charge is 0.341 e. The lowest BCUT2D eigenvalue weighted by atomic mass is 10.1. The van der Waals surface area contributed by atoms with Crippen LogP contribution in [0.25, 0.3) is 0 Å². The van der Waals surface area contributed by atoms with Crippen molar-refractivity contribution in [1.82, 2.24) is 9.62 Å². The van der Waals surface area contributed by atoms with E-state index < -0.39 is 10.0 Å². The van der Waals surface area contributed by atoms with Crippen molar-refractivity contribution >= 4 is 39.3 Å². The second-order valence-corrected chi connectivity index (χ2v) is 9.85. The van der Waals surface area contributed by atoms with Crippen LogP contribution in [0.2, 0.25) is 0 Å². The molecule has 7 nitrogen and oxygen atoms in total. The Hall–Kier alpha value is -1.58. The molecule has 1 unspecified atom stereocenters. The number of para-hydroxylation sites is 1. The van der Waals surface area contributed by atoms with Crippen LogP contribution in [0.15, 0.2) is 29.2 Å². The summed E-state index contributed by atoms with van der Waals surface area (Å²) in [5.74, 6) is 0.712. The number of benzene rings is 1. The topological polar surface area (TPSA) is 86.8 Å². The number of piperidine rings is 1. The lowest BCUT2D eigenvalue weighted by Gasteiger charge is -2.33. The van der Waals surface area contributed by atoms with Gasteiger partial charge in [-0.05, 0) is 25.0 Å². The molecule has 1 fully saturated rings. The number of amides is 2. The number of carbonyl (C=O) groups is 2. The Kier molecular flexibility index (Phi) is 6.44. The Morgan fingerprint density at radius 1 is 1.19 bits per heavy atom. The first kappa shape index (κ1) is 20.2. The Labute approximate surface area is 164 Å². The third-order valence-electron chi connectivity index (χ3n) is 4.74. The third kappa shape index (κ3) is 5.46. The maximum absolute atomic E-state index is 12.7. The molecule has 2 heterocycles. The van der Waals surface area contributed by atoms with Crippen LogP contribution < -0.4 is 9.62 Å². The zero-order valence-electron chi connectivity index (χ0n) is 15.4. The predicted molar refractivity (Wildman–Crippen MR) is 106 cm³/mol. The second kappa shape index (κ2) is 8.62. The van der Waals surface area contributed by atoms with Gasteiger partial charge in [0.2, 0.25) is 21.8 Å². The maximum Gasteiger partial charge on any atom is 0.227 e. The standard InChI is InChI=1S/C18H25N3O4S2/c1-27(24,25)19-14-5-4-10-20(13-14)17(22)8-9-18(23)21-11-12-26-16-7-3-2-6-15(16)21/h2-3,6-7,14,19H,4-5,8-13H2,1H3. The van der Waals surface area contributed by atoms with E-state index in [9.17, 15) is 18.0 Å². The lowest BCUT2D eigenvalue weighted by molar-refractivity contribution is -0.134. The van der Waals surface area contributed by atoms with E-state index in [2.05, 4.69) is 4.72 Å². The van der Waals surface area contributed by atoms with Gasteiger partial charge in [0.15, 0.2) is 0 Å². The van der Waals surface area contributed by atoms with Crippen molar-refractivity contribution in [2.24, 2.45) is 0 Å². The van der Waals surface area contributed by atoms with Gasteiger partial charge in [-0.25, -0.2) is 13.1 Å².